The molecule has 54 valence electrons. The van der Waals surface area contributed by atoms with E-state index >= 15 is 0 Å². The van der Waals surface area contributed by atoms with E-state index in [-0.39, 0.29) is 16.4 Å². The largest absolute Gasteiger partial charge is 0.428 e. The Morgan fingerprint density at radius 3 is 1.90 bits per heavy atom. The highest BCUT2D eigenvalue weighted by molar-refractivity contribution is 8.30. The first-order chi connectivity index (χ1) is 4.35. The standard InChI is InChI=1S/C6H12B2OS/c1-5(2)6(3,4)10-8(7)9-5/h1-4H3. The molecule has 2 radical (unpaired) electrons. The van der Waals surface area contributed by atoms with Crippen LogP contribution in [0.25, 0.3) is 0 Å². The Balaban J connectivity index is 2.78. The summed E-state index contributed by atoms with van der Waals surface area (Å²) in [6.07, 6.45) is -0.148. The minimum absolute atomic E-state index is 0.100. The molecule has 1 nitrogen and oxygen atoms in total. The molecule has 0 bridgehead atoms. The molecule has 0 aromatic rings. The van der Waals surface area contributed by atoms with Gasteiger partial charge in [-0.1, -0.05) is 0 Å². The van der Waals surface area contributed by atoms with E-state index < -0.39 is 0 Å². The first-order valence-electron chi connectivity index (χ1n) is 3.46. The monoisotopic (exact) mass is 154 g/mol. The maximum absolute atomic E-state index is 5.63. The molecule has 1 rings (SSSR count). The van der Waals surface area contributed by atoms with E-state index in [1.54, 1.807) is 11.6 Å². The van der Waals surface area contributed by atoms with Gasteiger partial charge in [0.15, 0.2) is 0 Å². The summed E-state index contributed by atoms with van der Waals surface area (Å²) in [7, 11) is 5.63. The van der Waals surface area contributed by atoms with Crippen LogP contribution in [0.1, 0.15) is 27.7 Å². The minimum Gasteiger partial charge on any atom is -0.428 e. The van der Waals surface area contributed by atoms with Gasteiger partial charge in [-0.05, 0) is 27.7 Å². The van der Waals surface area contributed by atoms with Crippen molar-refractivity contribution >= 4 is 25.4 Å². The number of hydrogen-bond donors (Lipinski definition) is 0. The van der Waals surface area contributed by atoms with Gasteiger partial charge in [0.25, 0.3) is 0 Å². The van der Waals surface area contributed by atoms with Crippen molar-refractivity contribution in [2.75, 3.05) is 0 Å². The molecule has 0 unspecified atom stereocenters. The van der Waals surface area contributed by atoms with Crippen LogP contribution in [-0.4, -0.2) is 24.2 Å². The normalized spacial score (nSPS) is 29.0. The molecule has 1 aliphatic rings. The molecule has 1 aliphatic heterocycles. The van der Waals surface area contributed by atoms with Gasteiger partial charge in [-0.25, -0.2) is 0 Å². The molecule has 1 saturated heterocycles. The zero-order valence-corrected chi connectivity index (χ0v) is 7.79. The van der Waals surface area contributed by atoms with Gasteiger partial charge in [0.05, 0.1) is 13.3 Å². The highest BCUT2D eigenvalue weighted by Crippen LogP contribution is 2.45. The Hall–Kier alpha value is 0.440. The van der Waals surface area contributed by atoms with Crippen molar-refractivity contribution in [3.63, 3.8) is 0 Å². The van der Waals surface area contributed by atoms with Crippen molar-refractivity contribution in [2.24, 2.45) is 0 Å². The zero-order chi connectivity index (χ0) is 7.99. The third-order valence-electron chi connectivity index (χ3n) is 2.27. The van der Waals surface area contributed by atoms with Crippen LogP contribution < -0.4 is 0 Å². The molecule has 0 saturated carbocycles. The second kappa shape index (κ2) is 2.21. The van der Waals surface area contributed by atoms with E-state index in [9.17, 15) is 0 Å². The number of hydrogen-bond acceptors (Lipinski definition) is 2. The number of rotatable bonds is 0. The van der Waals surface area contributed by atoms with E-state index in [4.69, 9.17) is 12.4 Å². The Morgan fingerprint density at radius 2 is 1.80 bits per heavy atom. The first-order valence-corrected chi connectivity index (χ1v) is 4.34. The Morgan fingerprint density at radius 1 is 1.30 bits per heavy atom. The minimum atomic E-state index is -0.148. The average molecular weight is 154 g/mol. The summed E-state index contributed by atoms with van der Waals surface area (Å²) in [5.41, 5.74) is -0.100. The molecule has 4 heteroatoms. The van der Waals surface area contributed by atoms with Crippen molar-refractivity contribution in [3.8, 4) is 0 Å². The van der Waals surface area contributed by atoms with Crippen molar-refractivity contribution in [2.45, 2.75) is 38.0 Å². The fourth-order valence-corrected chi connectivity index (χ4v) is 2.09. The maximum atomic E-state index is 5.63. The fraction of sp³-hybridized carbons (Fsp3) is 1.00. The molecule has 0 atom stereocenters. The summed E-state index contributed by atoms with van der Waals surface area (Å²) in [6, 6.07) is 0. The highest BCUT2D eigenvalue weighted by Gasteiger charge is 2.47. The van der Waals surface area contributed by atoms with Gasteiger partial charge in [-0.2, -0.15) is 11.6 Å². The van der Waals surface area contributed by atoms with Crippen molar-refractivity contribution in [1.29, 1.82) is 0 Å². The van der Waals surface area contributed by atoms with E-state index in [2.05, 4.69) is 27.7 Å². The quantitative estimate of drug-likeness (QED) is 0.488. The van der Waals surface area contributed by atoms with Crippen LogP contribution in [0.15, 0.2) is 0 Å². The SMILES string of the molecule is [B]B1OC(C)(C)C(C)(C)S1. The van der Waals surface area contributed by atoms with Crippen molar-refractivity contribution in [3.05, 3.63) is 0 Å². The lowest BCUT2D eigenvalue weighted by molar-refractivity contribution is 0.0954. The van der Waals surface area contributed by atoms with Gasteiger partial charge >= 0.3 is 6.08 Å². The van der Waals surface area contributed by atoms with E-state index in [1.807, 2.05) is 0 Å². The summed E-state index contributed by atoms with van der Waals surface area (Å²) in [4.78, 5) is 0. The molecular formula is C6H12B2OS. The zero-order valence-electron chi connectivity index (χ0n) is 6.97. The van der Waals surface area contributed by atoms with Crippen molar-refractivity contribution in [1.82, 2.24) is 0 Å². The Labute approximate surface area is 68.7 Å². The fourth-order valence-electron chi connectivity index (χ4n) is 0.889. The van der Waals surface area contributed by atoms with E-state index in [1.165, 1.54) is 0 Å². The lowest BCUT2D eigenvalue weighted by Gasteiger charge is -2.33. The van der Waals surface area contributed by atoms with Gasteiger partial charge in [0, 0.05) is 4.75 Å². The maximum Gasteiger partial charge on any atom is 0.301 e. The molecule has 1 heterocycles. The molecule has 0 N–H and O–H groups in total. The summed E-state index contributed by atoms with van der Waals surface area (Å²) in [5.74, 6) is 0. The average Bonchev–Trinajstić information content (AvgIpc) is 1.73. The molecule has 0 spiro atoms. The van der Waals surface area contributed by atoms with Crippen LogP contribution in [-0.2, 0) is 4.65 Å². The van der Waals surface area contributed by atoms with Crippen LogP contribution in [0.3, 0.4) is 0 Å². The summed E-state index contributed by atoms with van der Waals surface area (Å²) < 4.78 is 5.64. The van der Waals surface area contributed by atoms with E-state index in [0.29, 0.717) is 0 Å². The highest BCUT2D eigenvalue weighted by atomic mass is 32.2. The predicted molar refractivity (Wildman–Crippen MR) is 48.3 cm³/mol. The van der Waals surface area contributed by atoms with Gasteiger partial charge < -0.3 is 4.65 Å². The van der Waals surface area contributed by atoms with Crippen LogP contribution in [0.4, 0.5) is 0 Å². The molecule has 0 aliphatic carbocycles. The topological polar surface area (TPSA) is 9.23 Å². The lowest BCUT2D eigenvalue weighted by Crippen LogP contribution is -2.39. The molecule has 0 aromatic carbocycles. The molecule has 10 heavy (non-hydrogen) atoms. The van der Waals surface area contributed by atoms with Gasteiger partial charge in [-0.3, -0.25) is 0 Å². The summed E-state index contributed by atoms with van der Waals surface area (Å²) >= 11 is 1.69. The second-order valence-electron chi connectivity index (χ2n) is 3.62. The van der Waals surface area contributed by atoms with Crippen LogP contribution in [0, 0.1) is 0 Å². The first kappa shape index (κ1) is 8.54. The molecular weight excluding hydrogens is 142 g/mol. The van der Waals surface area contributed by atoms with Gasteiger partial charge in [0.1, 0.15) is 0 Å². The van der Waals surface area contributed by atoms with E-state index in [0.717, 1.165) is 0 Å². The Kier molecular flexibility index (Phi) is 1.89. The van der Waals surface area contributed by atoms with Gasteiger partial charge in [0.2, 0.25) is 0 Å². The lowest BCUT2D eigenvalue weighted by atomic mass is 9.69. The smallest absolute Gasteiger partial charge is 0.301 e. The van der Waals surface area contributed by atoms with Crippen LogP contribution in [0.5, 0.6) is 0 Å². The Bertz CT molecular complexity index is 131. The third-order valence-corrected chi connectivity index (χ3v) is 3.68. The molecule has 1 fully saturated rings. The van der Waals surface area contributed by atoms with Crippen LogP contribution >= 0.6 is 11.6 Å². The molecule has 0 aromatic heterocycles. The van der Waals surface area contributed by atoms with Gasteiger partial charge in [-0.15, -0.1) is 0 Å². The summed E-state index contributed by atoms with van der Waals surface area (Å²) in [5, 5.41) is 0. The van der Waals surface area contributed by atoms with Crippen molar-refractivity contribution < 1.29 is 4.65 Å². The predicted octanol–water partition coefficient (Wildman–Crippen LogP) is 1.46. The second-order valence-corrected chi connectivity index (χ2v) is 5.35. The molecule has 0 amide bonds. The third kappa shape index (κ3) is 1.24. The van der Waals surface area contributed by atoms with Crippen LogP contribution in [0.2, 0.25) is 0 Å². The summed E-state index contributed by atoms with van der Waals surface area (Å²) in [6.45, 7) is 8.47.